The first-order valence-electron chi connectivity index (χ1n) is 12.5. The van der Waals surface area contributed by atoms with Gasteiger partial charge in [-0.2, -0.15) is 0 Å². The molecule has 3 N–H and O–H groups in total. The molecule has 36 heavy (non-hydrogen) atoms. The van der Waals surface area contributed by atoms with E-state index in [2.05, 4.69) is 16.0 Å². The van der Waals surface area contributed by atoms with Crippen LogP contribution in [0.25, 0.3) is 6.08 Å². The fourth-order valence-electron chi connectivity index (χ4n) is 4.07. The van der Waals surface area contributed by atoms with Crippen molar-refractivity contribution in [1.82, 2.24) is 20.9 Å². The Hall–Kier alpha value is -3.65. The molecule has 1 aliphatic rings. The Bertz CT molecular complexity index is 1040. The van der Waals surface area contributed by atoms with Crippen LogP contribution in [0, 0.1) is 0 Å². The minimum absolute atomic E-state index is 0.136. The van der Waals surface area contributed by atoms with Gasteiger partial charge in [0.1, 0.15) is 18.4 Å². The summed E-state index contributed by atoms with van der Waals surface area (Å²) in [4.78, 5) is 40.3. The van der Waals surface area contributed by atoms with Gasteiger partial charge >= 0.3 is 0 Å². The molecule has 0 saturated heterocycles. The number of ether oxygens (including phenoxy) is 1. The summed E-state index contributed by atoms with van der Waals surface area (Å²) in [5, 5.41) is 8.97. The van der Waals surface area contributed by atoms with E-state index in [9.17, 15) is 14.4 Å². The molecule has 0 bridgehead atoms. The Morgan fingerprint density at radius 1 is 1.00 bits per heavy atom. The highest BCUT2D eigenvalue weighted by atomic mass is 16.5. The van der Waals surface area contributed by atoms with Crippen molar-refractivity contribution in [3.63, 3.8) is 0 Å². The molecule has 1 heterocycles. The maximum absolute atomic E-state index is 13.1. The van der Waals surface area contributed by atoms with Gasteiger partial charge in [-0.15, -0.1) is 0 Å². The molecular weight excluding hydrogens is 456 g/mol. The van der Waals surface area contributed by atoms with Crippen molar-refractivity contribution in [2.24, 2.45) is 0 Å². The van der Waals surface area contributed by atoms with Gasteiger partial charge in [-0.25, -0.2) is 0 Å². The normalized spacial score (nSPS) is 20.4. The highest BCUT2D eigenvalue weighted by Gasteiger charge is 2.25. The molecule has 0 fully saturated rings. The highest BCUT2D eigenvalue weighted by Crippen LogP contribution is 2.19. The number of fused-ring (bicyclic) bond motifs is 1. The molecular formula is C28H36N4O4. The summed E-state index contributed by atoms with van der Waals surface area (Å²) in [5.74, 6) is -0.110. The molecule has 2 aromatic carbocycles. The number of rotatable bonds is 4. The molecule has 1 aliphatic heterocycles. The number of likely N-dealkylation sites (N-methyl/N-ethyl adjacent to an activating group) is 1. The zero-order chi connectivity index (χ0) is 25.8. The van der Waals surface area contributed by atoms with E-state index in [1.54, 1.807) is 7.05 Å². The zero-order valence-electron chi connectivity index (χ0n) is 21.0. The van der Waals surface area contributed by atoms with Crippen molar-refractivity contribution in [2.75, 3.05) is 33.3 Å². The number of nitrogens with one attached hydrogen (secondary N) is 3. The summed E-state index contributed by atoms with van der Waals surface area (Å²) >= 11 is 0. The van der Waals surface area contributed by atoms with Gasteiger partial charge in [0, 0.05) is 32.1 Å². The van der Waals surface area contributed by atoms with Crippen molar-refractivity contribution < 1.29 is 19.1 Å². The molecule has 0 aliphatic carbocycles. The third-order valence-electron chi connectivity index (χ3n) is 5.93. The summed E-state index contributed by atoms with van der Waals surface area (Å²) in [7, 11) is 1.61. The van der Waals surface area contributed by atoms with Gasteiger partial charge in [0.25, 0.3) is 0 Å². The fraction of sp³-hybridized carbons (Fsp3) is 0.393. The number of carbonyl (C=O) groups excluding carboxylic acids is 3. The Kier molecular flexibility index (Phi) is 10.5. The number of benzene rings is 2. The van der Waals surface area contributed by atoms with Crippen LogP contribution in [0.1, 0.15) is 30.9 Å². The van der Waals surface area contributed by atoms with Gasteiger partial charge in [-0.3, -0.25) is 14.4 Å². The predicted molar refractivity (Wildman–Crippen MR) is 140 cm³/mol. The van der Waals surface area contributed by atoms with Crippen molar-refractivity contribution in [3.8, 4) is 5.75 Å². The molecule has 0 radical (unpaired) electrons. The minimum Gasteiger partial charge on any atom is -0.492 e. The maximum atomic E-state index is 13.1. The molecule has 0 unspecified atom stereocenters. The van der Waals surface area contributed by atoms with Gasteiger partial charge in [0.05, 0.1) is 12.6 Å². The first-order valence-corrected chi connectivity index (χ1v) is 12.5. The molecule has 192 valence electrons. The van der Waals surface area contributed by atoms with E-state index >= 15 is 0 Å². The van der Waals surface area contributed by atoms with E-state index in [0.717, 1.165) is 23.3 Å². The van der Waals surface area contributed by atoms with Crippen LogP contribution in [0.5, 0.6) is 5.75 Å². The number of amides is 3. The lowest BCUT2D eigenvalue weighted by Crippen LogP contribution is -2.52. The van der Waals surface area contributed by atoms with Crippen LogP contribution in [0.3, 0.4) is 0 Å². The zero-order valence-corrected chi connectivity index (χ0v) is 21.0. The van der Waals surface area contributed by atoms with Crippen LogP contribution < -0.4 is 20.7 Å². The number of hydrogen-bond acceptors (Lipinski definition) is 5. The van der Waals surface area contributed by atoms with Gasteiger partial charge in [0.2, 0.25) is 17.7 Å². The van der Waals surface area contributed by atoms with E-state index in [1.807, 2.05) is 73.7 Å². The maximum Gasteiger partial charge on any atom is 0.243 e. The summed E-state index contributed by atoms with van der Waals surface area (Å²) in [6.07, 6.45) is 5.55. The Balaban J connectivity index is 1.82. The molecule has 0 spiro atoms. The summed E-state index contributed by atoms with van der Waals surface area (Å²) in [5.41, 5.74) is 1.82. The number of nitrogens with zero attached hydrogens (tertiary/aromatic N) is 1. The van der Waals surface area contributed by atoms with Gasteiger partial charge in [-0.05, 0) is 18.1 Å². The second-order valence-electron chi connectivity index (χ2n) is 8.83. The minimum atomic E-state index is -0.768. The second-order valence-corrected chi connectivity index (χ2v) is 8.83. The molecule has 2 atom stereocenters. The second kappa shape index (κ2) is 14.0. The third-order valence-corrected chi connectivity index (χ3v) is 5.93. The molecule has 0 aromatic heterocycles. The molecule has 3 rings (SSSR count). The average Bonchev–Trinajstić information content (AvgIpc) is 2.88. The van der Waals surface area contributed by atoms with E-state index < -0.39 is 12.1 Å². The highest BCUT2D eigenvalue weighted by molar-refractivity contribution is 5.91. The molecule has 2 aromatic rings. The Labute approximate surface area is 213 Å². The van der Waals surface area contributed by atoms with Crippen molar-refractivity contribution >= 4 is 23.8 Å². The lowest BCUT2D eigenvalue weighted by molar-refractivity contribution is -0.137. The number of para-hydroxylation sites is 1. The van der Waals surface area contributed by atoms with Crippen LogP contribution in [0.4, 0.5) is 0 Å². The van der Waals surface area contributed by atoms with E-state index in [1.165, 1.54) is 4.90 Å². The quantitative estimate of drug-likeness (QED) is 0.608. The molecule has 8 nitrogen and oxygen atoms in total. The van der Waals surface area contributed by atoms with Crippen LogP contribution in [-0.2, 0) is 20.8 Å². The van der Waals surface area contributed by atoms with Gasteiger partial charge < -0.3 is 25.6 Å². The van der Waals surface area contributed by atoms with Gasteiger partial charge in [-0.1, -0.05) is 74.0 Å². The Morgan fingerprint density at radius 2 is 1.75 bits per heavy atom. The van der Waals surface area contributed by atoms with E-state index in [-0.39, 0.29) is 24.3 Å². The summed E-state index contributed by atoms with van der Waals surface area (Å²) < 4.78 is 5.95. The van der Waals surface area contributed by atoms with Crippen LogP contribution in [0.15, 0.2) is 60.7 Å². The Morgan fingerprint density at radius 3 is 2.53 bits per heavy atom. The predicted octanol–water partition coefficient (Wildman–Crippen LogP) is 2.15. The van der Waals surface area contributed by atoms with E-state index in [0.29, 0.717) is 32.5 Å². The molecule has 0 saturated carbocycles. The van der Waals surface area contributed by atoms with Gasteiger partial charge in [0.15, 0.2) is 0 Å². The first-order chi connectivity index (χ1) is 17.5. The number of hydrogen-bond donors (Lipinski definition) is 3. The fourth-order valence-corrected chi connectivity index (χ4v) is 4.07. The average molecular weight is 493 g/mol. The van der Waals surface area contributed by atoms with Crippen LogP contribution in [-0.4, -0.2) is 68.0 Å². The van der Waals surface area contributed by atoms with Crippen molar-refractivity contribution in [3.05, 3.63) is 71.8 Å². The molecule has 3 amide bonds. The monoisotopic (exact) mass is 492 g/mol. The van der Waals surface area contributed by atoms with Crippen LogP contribution >= 0.6 is 0 Å². The lowest BCUT2D eigenvalue weighted by Gasteiger charge is -2.25. The third kappa shape index (κ3) is 8.23. The standard InChI is InChI=1S/C28H36N4O4/c1-3-10-23-28(35)32(2)20-26(33)31-24(19-21-11-5-4-6-12-21)27(34)30-16-9-14-22-13-7-8-15-25(22)36-18-17-29-23/h4-9,11-15,23-24,29H,3,10,16-20H2,1-2H3,(H,30,34)(H,31,33)/t23-,24-/m1/s1. The summed E-state index contributed by atoms with van der Waals surface area (Å²) in [6.45, 7) is 3.05. The summed E-state index contributed by atoms with van der Waals surface area (Å²) in [6, 6.07) is 16.0. The lowest BCUT2D eigenvalue weighted by atomic mass is 10.1. The van der Waals surface area contributed by atoms with E-state index in [4.69, 9.17) is 4.74 Å². The van der Waals surface area contributed by atoms with Crippen molar-refractivity contribution in [2.45, 2.75) is 38.3 Å². The topological polar surface area (TPSA) is 99.8 Å². The smallest absolute Gasteiger partial charge is 0.243 e. The van der Waals surface area contributed by atoms with Crippen LogP contribution in [0.2, 0.25) is 0 Å². The SMILES string of the molecule is CCC[C@H]1NCCOc2ccccc2C=CCNC(=O)[C@@H](Cc2ccccc2)NC(=O)CN(C)C1=O. The first kappa shape index (κ1) is 26.9. The largest absolute Gasteiger partial charge is 0.492 e. The van der Waals surface area contributed by atoms with Crippen molar-refractivity contribution in [1.29, 1.82) is 0 Å². The number of carbonyl (C=O) groups is 3. The molecule has 8 heteroatoms.